The molecule has 0 spiro atoms. The van der Waals surface area contributed by atoms with Crippen molar-refractivity contribution in [3.05, 3.63) is 0 Å². The van der Waals surface area contributed by atoms with Gasteiger partial charge in [-0.1, -0.05) is 12.8 Å². The molecule has 2 atom stereocenters. The zero-order valence-electron chi connectivity index (χ0n) is 9.00. The van der Waals surface area contributed by atoms with Gasteiger partial charge in [-0.25, -0.2) is 0 Å². The summed E-state index contributed by atoms with van der Waals surface area (Å²) >= 11 is 0. The third-order valence-electron chi connectivity index (χ3n) is 3.33. The van der Waals surface area contributed by atoms with Gasteiger partial charge in [0.05, 0.1) is 6.04 Å². The Morgan fingerprint density at radius 3 is 2.86 bits per heavy atom. The predicted molar refractivity (Wildman–Crippen MR) is 59.0 cm³/mol. The van der Waals surface area contributed by atoms with Gasteiger partial charge in [-0.15, -0.1) is 6.42 Å². The molecule has 2 rings (SSSR count). The number of rotatable bonds is 4. The topological polar surface area (TPSA) is 15.3 Å². The van der Waals surface area contributed by atoms with Crippen LogP contribution in [0.2, 0.25) is 0 Å². The highest BCUT2D eigenvalue weighted by molar-refractivity contribution is 5.01. The Balaban J connectivity index is 1.75. The van der Waals surface area contributed by atoms with Gasteiger partial charge in [0.2, 0.25) is 0 Å². The van der Waals surface area contributed by atoms with E-state index in [0.29, 0.717) is 6.04 Å². The molecule has 2 heteroatoms. The lowest BCUT2D eigenvalue weighted by Gasteiger charge is -2.18. The zero-order chi connectivity index (χ0) is 9.97. The molecule has 1 saturated carbocycles. The lowest BCUT2D eigenvalue weighted by Crippen LogP contribution is -2.39. The van der Waals surface area contributed by atoms with Crippen molar-refractivity contribution in [1.29, 1.82) is 0 Å². The van der Waals surface area contributed by atoms with E-state index in [1.54, 1.807) is 0 Å². The Bertz CT molecular complexity index is 227. The van der Waals surface area contributed by atoms with Gasteiger partial charge in [-0.3, -0.25) is 10.2 Å². The van der Waals surface area contributed by atoms with Crippen LogP contribution in [-0.4, -0.2) is 36.1 Å². The minimum absolute atomic E-state index is 0.277. The molecule has 1 saturated heterocycles. The number of nitrogens with zero attached hydrogens (tertiary/aromatic N) is 1. The fourth-order valence-electron chi connectivity index (χ4n) is 2.26. The minimum atomic E-state index is 0.277. The molecule has 1 aliphatic carbocycles. The van der Waals surface area contributed by atoms with E-state index in [1.807, 2.05) is 0 Å². The number of hydrogen-bond acceptors (Lipinski definition) is 2. The summed E-state index contributed by atoms with van der Waals surface area (Å²) in [6.45, 7) is 4.62. The third kappa shape index (κ3) is 2.29. The molecule has 0 aromatic rings. The summed E-state index contributed by atoms with van der Waals surface area (Å²) < 4.78 is 0. The average molecular weight is 192 g/mol. The molecule has 2 nitrogen and oxygen atoms in total. The molecular formula is C12H20N2. The van der Waals surface area contributed by atoms with Crippen molar-refractivity contribution in [2.45, 2.75) is 50.7 Å². The molecule has 1 aliphatic heterocycles. The van der Waals surface area contributed by atoms with Gasteiger partial charge in [0.1, 0.15) is 0 Å². The van der Waals surface area contributed by atoms with Crippen LogP contribution < -0.4 is 5.32 Å². The van der Waals surface area contributed by atoms with E-state index in [1.165, 1.54) is 32.4 Å². The standard InChI is InChI=1S/C12H20N2/c1-3-10(4-2)13-11-7-8-14(9-11)12-5-6-12/h1,10-13H,4-9H2,2H3. The van der Waals surface area contributed by atoms with Crippen LogP contribution in [0.1, 0.15) is 32.6 Å². The van der Waals surface area contributed by atoms with Crippen molar-refractivity contribution >= 4 is 0 Å². The molecule has 2 aliphatic rings. The average Bonchev–Trinajstić information content (AvgIpc) is 2.96. The Labute approximate surface area is 87.1 Å². The first kappa shape index (κ1) is 10.0. The summed E-state index contributed by atoms with van der Waals surface area (Å²) in [4.78, 5) is 2.61. The zero-order valence-corrected chi connectivity index (χ0v) is 9.00. The van der Waals surface area contributed by atoms with E-state index in [4.69, 9.17) is 6.42 Å². The monoisotopic (exact) mass is 192 g/mol. The van der Waals surface area contributed by atoms with Gasteiger partial charge in [-0.2, -0.15) is 0 Å². The number of nitrogens with one attached hydrogen (secondary N) is 1. The minimum Gasteiger partial charge on any atom is -0.300 e. The quantitative estimate of drug-likeness (QED) is 0.674. The van der Waals surface area contributed by atoms with E-state index >= 15 is 0 Å². The summed E-state index contributed by atoms with van der Waals surface area (Å²) in [5.74, 6) is 2.81. The van der Waals surface area contributed by atoms with Crippen LogP contribution in [0.3, 0.4) is 0 Å². The smallest absolute Gasteiger partial charge is 0.0686 e. The van der Waals surface area contributed by atoms with Crippen LogP contribution in [0, 0.1) is 12.3 Å². The second-order valence-corrected chi connectivity index (χ2v) is 4.51. The SMILES string of the molecule is C#CC(CC)NC1CCN(C2CC2)C1. The van der Waals surface area contributed by atoms with Crippen LogP contribution >= 0.6 is 0 Å². The molecule has 2 unspecified atom stereocenters. The molecule has 1 heterocycles. The molecule has 0 aromatic heterocycles. The summed E-state index contributed by atoms with van der Waals surface area (Å²) in [6.07, 6.45) is 10.6. The molecule has 0 bridgehead atoms. The second-order valence-electron chi connectivity index (χ2n) is 4.51. The molecule has 0 aromatic carbocycles. The normalized spacial score (nSPS) is 30.1. The molecule has 14 heavy (non-hydrogen) atoms. The Morgan fingerprint density at radius 2 is 2.29 bits per heavy atom. The van der Waals surface area contributed by atoms with Gasteiger partial charge >= 0.3 is 0 Å². The van der Waals surface area contributed by atoms with Crippen molar-refractivity contribution in [2.24, 2.45) is 0 Å². The van der Waals surface area contributed by atoms with Crippen LogP contribution in [0.4, 0.5) is 0 Å². The highest BCUT2D eigenvalue weighted by atomic mass is 15.2. The summed E-state index contributed by atoms with van der Waals surface area (Å²) in [5, 5.41) is 3.55. The first-order chi connectivity index (χ1) is 6.83. The molecule has 1 N–H and O–H groups in total. The van der Waals surface area contributed by atoms with E-state index < -0.39 is 0 Å². The van der Waals surface area contributed by atoms with Crippen LogP contribution in [0.25, 0.3) is 0 Å². The van der Waals surface area contributed by atoms with Crippen molar-refractivity contribution in [1.82, 2.24) is 10.2 Å². The van der Waals surface area contributed by atoms with Gasteiger partial charge in [-0.05, 0) is 25.7 Å². The predicted octanol–water partition coefficient (Wildman–Crippen LogP) is 1.22. The van der Waals surface area contributed by atoms with Gasteiger partial charge < -0.3 is 0 Å². The molecule has 0 amide bonds. The Hall–Kier alpha value is -0.520. The summed E-state index contributed by atoms with van der Waals surface area (Å²) in [6, 6.07) is 1.82. The number of hydrogen-bond donors (Lipinski definition) is 1. The van der Waals surface area contributed by atoms with Crippen LogP contribution in [-0.2, 0) is 0 Å². The maximum atomic E-state index is 5.44. The first-order valence-electron chi connectivity index (χ1n) is 5.79. The van der Waals surface area contributed by atoms with E-state index in [9.17, 15) is 0 Å². The lowest BCUT2D eigenvalue weighted by atomic mass is 10.2. The Kier molecular flexibility index (Phi) is 3.10. The molecule has 78 valence electrons. The van der Waals surface area contributed by atoms with Gasteiger partial charge in [0, 0.05) is 25.2 Å². The molecule has 0 radical (unpaired) electrons. The Morgan fingerprint density at radius 1 is 1.50 bits per heavy atom. The summed E-state index contributed by atoms with van der Waals surface area (Å²) in [5.41, 5.74) is 0. The third-order valence-corrected chi connectivity index (χ3v) is 3.33. The van der Waals surface area contributed by atoms with Gasteiger partial charge in [0.25, 0.3) is 0 Å². The van der Waals surface area contributed by atoms with Gasteiger partial charge in [0.15, 0.2) is 0 Å². The number of likely N-dealkylation sites (tertiary alicyclic amines) is 1. The lowest BCUT2D eigenvalue weighted by molar-refractivity contribution is 0.315. The summed E-state index contributed by atoms with van der Waals surface area (Å²) in [7, 11) is 0. The fraction of sp³-hybridized carbons (Fsp3) is 0.833. The van der Waals surface area contributed by atoms with Crippen LogP contribution in [0.5, 0.6) is 0 Å². The van der Waals surface area contributed by atoms with E-state index in [0.717, 1.165) is 12.5 Å². The largest absolute Gasteiger partial charge is 0.300 e. The maximum absolute atomic E-state index is 5.44. The van der Waals surface area contributed by atoms with Crippen molar-refractivity contribution in [2.75, 3.05) is 13.1 Å². The van der Waals surface area contributed by atoms with Crippen molar-refractivity contribution < 1.29 is 0 Å². The highest BCUT2D eigenvalue weighted by Crippen LogP contribution is 2.29. The maximum Gasteiger partial charge on any atom is 0.0686 e. The highest BCUT2D eigenvalue weighted by Gasteiger charge is 2.34. The van der Waals surface area contributed by atoms with Crippen molar-refractivity contribution in [3.8, 4) is 12.3 Å². The molecule has 2 fully saturated rings. The van der Waals surface area contributed by atoms with Crippen LogP contribution in [0.15, 0.2) is 0 Å². The molecular weight excluding hydrogens is 172 g/mol. The number of terminal acetylenes is 1. The first-order valence-corrected chi connectivity index (χ1v) is 5.79. The second kappa shape index (κ2) is 4.33. The van der Waals surface area contributed by atoms with Crippen molar-refractivity contribution in [3.63, 3.8) is 0 Å². The fourth-order valence-corrected chi connectivity index (χ4v) is 2.26. The van der Waals surface area contributed by atoms with E-state index in [2.05, 4.69) is 23.1 Å². The van der Waals surface area contributed by atoms with E-state index in [-0.39, 0.29) is 6.04 Å².